The maximum Gasteiger partial charge on any atom is 0.308 e. The van der Waals surface area contributed by atoms with Gasteiger partial charge in [0.05, 0.1) is 5.92 Å². The van der Waals surface area contributed by atoms with Gasteiger partial charge in [0.1, 0.15) is 6.61 Å². The lowest BCUT2D eigenvalue weighted by Gasteiger charge is -2.25. The van der Waals surface area contributed by atoms with Gasteiger partial charge in [-0.1, -0.05) is 19.1 Å². The zero-order valence-corrected chi connectivity index (χ0v) is 10.5. The number of carboxylic acids is 1. The molecule has 6 heteroatoms. The van der Waals surface area contributed by atoms with Crippen molar-refractivity contribution in [3.05, 3.63) is 24.3 Å². The average molecular weight is 265 g/mol. The van der Waals surface area contributed by atoms with Crippen molar-refractivity contribution < 1.29 is 24.2 Å². The summed E-state index contributed by atoms with van der Waals surface area (Å²) in [5, 5.41) is 11.3. The van der Waals surface area contributed by atoms with E-state index in [-0.39, 0.29) is 19.1 Å². The molecule has 1 aliphatic rings. The van der Waals surface area contributed by atoms with Gasteiger partial charge in [-0.2, -0.15) is 0 Å². The molecule has 102 valence electrons. The monoisotopic (exact) mass is 265 g/mol. The highest BCUT2D eigenvalue weighted by molar-refractivity contribution is 5.82. The van der Waals surface area contributed by atoms with Crippen molar-refractivity contribution in [2.24, 2.45) is 5.92 Å². The predicted octanol–water partition coefficient (Wildman–Crippen LogP) is 0.663. The first-order valence-electron chi connectivity index (χ1n) is 5.97. The second-order valence-electron chi connectivity index (χ2n) is 4.35. The number of fused-ring (bicyclic) bond motifs is 1. The van der Waals surface area contributed by atoms with Gasteiger partial charge in [0.25, 0.3) is 5.91 Å². The Morgan fingerprint density at radius 1 is 1.42 bits per heavy atom. The van der Waals surface area contributed by atoms with E-state index in [4.69, 9.17) is 14.6 Å². The largest absolute Gasteiger partial charge is 0.485 e. The first-order valence-corrected chi connectivity index (χ1v) is 5.97. The van der Waals surface area contributed by atoms with Gasteiger partial charge in [-0.3, -0.25) is 9.59 Å². The summed E-state index contributed by atoms with van der Waals surface area (Å²) >= 11 is 0. The molecule has 0 saturated carbocycles. The maximum atomic E-state index is 11.8. The van der Waals surface area contributed by atoms with Crippen molar-refractivity contribution in [2.45, 2.75) is 13.0 Å². The van der Waals surface area contributed by atoms with Crippen LogP contribution in [0.5, 0.6) is 11.5 Å². The molecule has 0 spiro atoms. The Balaban J connectivity index is 1.90. The van der Waals surface area contributed by atoms with Crippen molar-refractivity contribution >= 4 is 11.9 Å². The molecular formula is C13H15NO5. The number of nitrogens with one attached hydrogen (secondary N) is 1. The van der Waals surface area contributed by atoms with Crippen LogP contribution in [0, 0.1) is 5.92 Å². The molecule has 2 N–H and O–H groups in total. The van der Waals surface area contributed by atoms with Crippen LogP contribution < -0.4 is 14.8 Å². The summed E-state index contributed by atoms with van der Waals surface area (Å²) in [6, 6.07) is 7.08. The normalized spacial score (nSPS) is 18.5. The lowest BCUT2D eigenvalue weighted by molar-refractivity contribution is -0.141. The molecule has 0 aromatic heterocycles. The molecule has 1 aromatic rings. The van der Waals surface area contributed by atoms with Crippen molar-refractivity contribution in [3.63, 3.8) is 0 Å². The Morgan fingerprint density at radius 3 is 2.79 bits per heavy atom. The van der Waals surface area contributed by atoms with Crippen LogP contribution in [0.4, 0.5) is 0 Å². The zero-order valence-electron chi connectivity index (χ0n) is 10.5. The summed E-state index contributed by atoms with van der Waals surface area (Å²) in [5.41, 5.74) is 0. The molecule has 0 bridgehead atoms. The van der Waals surface area contributed by atoms with Crippen LogP contribution in [-0.2, 0) is 9.59 Å². The number of amides is 1. The minimum atomic E-state index is -0.952. The van der Waals surface area contributed by atoms with Crippen LogP contribution >= 0.6 is 0 Å². The van der Waals surface area contributed by atoms with Gasteiger partial charge in [-0.15, -0.1) is 0 Å². The van der Waals surface area contributed by atoms with E-state index in [0.29, 0.717) is 11.5 Å². The molecular weight excluding hydrogens is 250 g/mol. The molecule has 0 fully saturated rings. The summed E-state index contributed by atoms with van der Waals surface area (Å²) in [7, 11) is 0. The summed E-state index contributed by atoms with van der Waals surface area (Å²) in [6.45, 7) is 1.70. The molecule has 1 aromatic carbocycles. The fraction of sp³-hybridized carbons (Fsp3) is 0.385. The molecule has 6 nitrogen and oxygen atoms in total. The maximum absolute atomic E-state index is 11.8. The van der Waals surface area contributed by atoms with E-state index >= 15 is 0 Å². The summed E-state index contributed by atoms with van der Waals surface area (Å²) in [5.74, 6) is -0.847. The lowest BCUT2D eigenvalue weighted by atomic mass is 10.2. The van der Waals surface area contributed by atoms with Crippen molar-refractivity contribution in [1.82, 2.24) is 5.32 Å². The van der Waals surface area contributed by atoms with E-state index in [1.54, 1.807) is 18.2 Å². The number of hydrogen-bond acceptors (Lipinski definition) is 4. The van der Waals surface area contributed by atoms with Crippen LogP contribution in [0.15, 0.2) is 24.3 Å². The van der Waals surface area contributed by atoms with Crippen LogP contribution in [0.1, 0.15) is 6.92 Å². The Kier molecular flexibility index (Phi) is 3.89. The highest BCUT2D eigenvalue weighted by Crippen LogP contribution is 2.30. The third kappa shape index (κ3) is 3.15. The molecule has 19 heavy (non-hydrogen) atoms. The standard InChI is InChI=1S/C13H15NO5/c1-8(13(16)17)6-14-12(15)11-7-18-9-4-2-3-5-10(9)19-11/h2-5,8,11H,6-7H2,1H3,(H,14,15)(H,16,17)/t8-,11+/m1/s1. The molecule has 0 saturated heterocycles. The summed E-state index contributed by atoms with van der Waals surface area (Å²) in [6.07, 6.45) is -0.754. The zero-order chi connectivity index (χ0) is 13.8. The second-order valence-corrected chi connectivity index (χ2v) is 4.35. The number of ether oxygens (including phenoxy) is 2. The molecule has 0 unspecified atom stereocenters. The Bertz CT molecular complexity index is 488. The Labute approximate surface area is 110 Å². The number of benzene rings is 1. The number of carboxylic acid groups (broad SMARTS) is 1. The predicted molar refractivity (Wildman–Crippen MR) is 66.2 cm³/mol. The van der Waals surface area contributed by atoms with Crippen LogP contribution in [-0.4, -0.2) is 36.2 Å². The molecule has 0 aliphatic carbocycles. The van der Waals surface area contributed by atoms with Gasteiger partial charge in [0, 0.05) is 6.54 Å². The first-order chi connectivity index (χ1) is 9.08. The third-order valence-electron chi connectivity index (χ3n) is 2.81. The number of hydrogen-bond donors (Lipinski definition) is 2. The van der Waals surface area contributed by atoms with Gasteiger partial charge >= 0.3 is 5.97 Å². The molecule has 1 amide bonds. The molecule has 2 atom stereocenters. The molecule has 2 rings (SSSR count). The number of aliphatic carboxylic acids is 1. The van der Waals surface area contributed by atoms with E-state index < -0.39 is 18.0 Å². The van der Waals surface area contributed by atoms with Crippen LogP contribution in [0.3, 0.4) is 0 Å². The molecule has 1 heterocycles. The lowest BCUT2D eigenvalue weighted by Crippen LogP contribution is -2.45. The first kappa shape index (κ1) is 13.2. The number of rotatable bonds is 4. The van der Waals surface area contributed by atoms with Crippen molar-refractivity contribution in [2.75, 3.05) is 13.2 Å². The fourth-order valence-corrected chi connectivity index (χ4v) is 1.60. The Morgan fingerprint density at radius 2 is 2.11 bits per heavy atom. The van der Waals surface area contributed by atoms with E-state index in [0.717, 1.165) is 0 Å². The second kappa shape index (κ2) is 5.60. The summed E-state index contributed by atoms with van der Waals surface area (Å²) in [4.78, 5) is 22.5. The van der Waals surface area contributed by atoms with Crippen LogP contribution in [0.2, 0.25) is 0 Å². The van der Waals surface area contributed by atoms with E-state index in [2.05, 4.69) is 5.32 Å². The fourth-order valence-electron chi connectivity index (χ4n) is 1.60. The quantitative estimate of drug-likeness (QED) is 0.835. The number of para-hydroxylation sites is 2. The van der Waals surface area contributed by atoms with Gasteiger partial charge in [-0.25, -0.2) is 0 Å². The van der Waals surface area contributed by atoms with Gasteiger partial charge in [0.2, 0.25) is 6.10 Å². The van der Waals surface area contributed by atoms with Crippen molar-refractivity contribution in [3.8, 4) is 11.5 Å². The third-order valence-corrected chi connectivity index (χ3v) is 2.81. The average Bonchev–Trinajstić information content (AvgIpc) is 2.43. The van der Waals surface area contributed by atoms with Crippen LogP contribution in [0.25, 0.3) is 0 Å². The van der Waals surface area contributed by atoms with Gasteiger partial charge < -0.3 is 19.9 Å². The smallest absolute Gasteiger partial charge is 0.308 e. The van der Waals surface area contributed by atoms with E-state index in [1.165, 1.54) is 6.92 Å². The highest BCUT2D eigenvalue weighted by Gasteiger charge is 2.27. The van der Waals surface area contributed by atoms with E-state index in [9.17, 15) is 9.59 Å². The highest BCUT2D eigenvalue weighted by atomic mass is 16.6. The number of carbonyl (C=O) groups is 2. The molecule has 0 radical (unpaired) electrons. The Hall–Kier alpha value is -2.24. The van der Waals surface area contributed by atoms with Gasteiger partial charge in [0.15, 0.2) is 11.5 Å². The minimum absolute atomic E-state index is 0.0652. The van der Waals surface area contributed by atoms with E-state index in [1.807, 2.05) is 6.07 Å². The molecule has 1 aliphatic heterocycles. The SMILES string of the molecule is C[C@H](CNC(=O)[C@@H]1COc2ccccc2O1)C(=O)O. The topological polar surface area (TPSA) is 84.9 Å². The minimum Gasteiger partial charge on any atom is -0.485 e. The van der Waals surface area contributed by atoms with Gasteiger partial charge in [-0.05, 0) is 12.1 Å². The number of carbonyl (C=O) groups excluding carboxylic acids is 1. The van der Waals surface area contributed by atoms with Crippen molar-refractivity contribution in [1.29, 1.82) is 0 Å². The summed E-state index contributed by atoms with van der Waals surface area (Å²) < 4.78 is 10.9.